The van der Waals surface area contributed by atoms with Gasteiger partial charge in [0.1, 0.15) is 5.82 Å². The summed E-state index contributed by atoms with van der Waals surface area (Å²) in [7, 11) is 0. The highest BCUT2D eigenvalue weighted by Gasteiger charge is 1.98. The second-order valence-corrected chi connectivity index (χ2v) is 3.82. The summed E-state index contributed by atoms with van der Waals surface area (Å²) in [4.78, 5) is 0. The summed E-state index contributed by atoms with van der Waals surface area (Å²) in [6, 6.07) is 15.9. The van der Waals surface area contributed by atoms with Crippen molar-refractivity contribution in [3.8, 4) is 0 Å². The zero-order chi connectivity index (χ0) is 11.4. The van der Waals surface area contributed by atoms with Crippen LogP contribution in [0.25, 0.3) is 11.1 Å². The minimum Gasteiger partial charge on any atom is -0.207 e. The van der Waals surface area contributed by atoms with Gasteiger partial charge in [-0.2, -0.15) is 0 Å². The highest BCUT2D eigenvalue weighted by molar-refractivity contribution is 6.51. The summed E-state index contributed by atoms with van der Waals surface area (Å²) >= 11 is 6.13. The van der Waals surface area contributed by atoms with E-state index >= 15 is 0 Å². The Kier molecular flexibility index (Phi) is 3.37. The van der Waals surface area contributed by atoms with Gasteiger partial charge in [-0.25, -0.2) is 4.39 Å². The molecule has 0 spiro atoms. The Morgan fingerprint density at radius 2 is 1.56 bits per heavy atom. The standard InChI is InChI=1S/C14H10ClF/c15-14(10-11-4-2-1-3-5-11)12-6-8-13(16)9-7-12/h1-10H. The predicted octanol–water partition coefficient (Wildman–Crippen LogP) is 4.56. The number of rotatable bonds is 2. The molecule has 2 aromatic rings. The van der Waals surface area contributed by atoms with Crippen molar-refractivity contribution in [3.05, 3.63) is 71.5 Å². The second kappa shape index (κ2) is 4.95. The van der Waals surface area contributed by atoms with Crippen molar-refractivity contribution in [3.63, 3.8) is 0 Å². The molecular weight excluding hydrogens is 223 g/mol. The Morgan fingerprint density at radius 3 is 2.19 bits per heavy atom. The monoisotopic (exact) mass is 232 g/mol. The fraction of sp³-hybridized carbons (Fsp3) is 0. The van der Waals surface area contributed by atoms with Gasteiger partial charge in [-0.3, -0.25) is 0 Å². The Hall–Kier alpha value is -1.60. The third kappa shape index (κ3) is 2.71. The fourth-order valence-corrected chi connectivity index (χ4v) is 1.64. The first-order valence-corrected chi connectivity index (χ1v) is 5.32. The van der Waals surface area contributed by atoms with Crippen LogP contribution in [0.5, 0.6) is 0 Å². The van der Waals surface area contributed by atoms with Gasteiger partial charge in [-0.15, -0.1) is 0 Å². The fourth-order valence-electron chi connectivity index (χ4n) is 1.39. The van der Waals surface area contributed by atoms with E-state index in [9.17, 15) is 4.39 Å². The van der Waals surface area contributed by atoms with E-state index < -0.39 is 0 Å². The maximum Gasteiger partial charge on any atom is 0.123 e. The molecule has 0 amide bonds. The molecule has 0 saturated carbocycles. The van der Waals surface area contributed by atoms with Crippen molar-refractivity contribution in [2.24, 2.45) is 0 Å². The molecule has 80 valence electrons. The van der Waals surface area contributed by atoms with Crippen LogP contribution in [0.1, 0.15) is 11.1 Å². The molecule has 2 aromatic carbocycles. The zero-order valence-corrected chi connectivity index (χ0v) is 9.29. The molecule has 0 heterocycles. The largest absolute Gasteiger partial charge is 0.207 e. The van der Waals surface area contributed by atoms with Gasteiger partial charge in [0, 0.05) is 5.03 Å². The topological polar surface area (TPSA) is 0 Å². The van der Waals surface area contributed by atoms with Crippen LogP contribution in [-0.2, 0) is 0 Å². The molecule has 2 rings (SSSR count). The SMILES string of the molecule is Fc1ccc(C(Cl)=Cc2ccccc2)cc1. The first kappa shape index (κ1) is 10.9. The van der Waals surface area contributed by atoms with Crippen LogP contribution >= 0.6 is 11.6 Å². The second-order valence-electron chi connectivity index (χ2n) is 3.41. The third-order valence-electron chi connectivity index (χ3n) is 2.21. The molecule has 0 fully saturated rings. The number of benzene rings is 2. The van der Waals surface area contributed by atoms with Gasteiger partial charge < -0.3 is 0 Å². The molecule has 16 heavy (non-hydrogen) atoms. The lowest BCUT2D eigenvalue weighted by molar-refractivity contribution is 0.628. The zero-order valence-electron chi connectivity index (χ0n) is 8.53. The summed E-state index contributed by atoms with van der Waals surface area (Å²) in [6.45, 7) is 0. The van der Waals surface area contributed by atoms with Gasteiger partial charge in [0.15, 0.2) is 0 Å². The van der Waals surface area contributed by atoms with Crippen LogP contribution in [0.4, 0.5) is 4.39 Å². The molecule has 0 N–H and O–H groups in total. The van der Waals surface area contributed by atoms with Crippen LogP contribution in [0.15, 0.2) is 54.6 Å². The molecule has 0 bridgehead atoms. The maximum absolute atomic E-state index is 12.7. The number of hydrogen-bond donors (Lipinski definition) is 0. The molecule has 0 radical (unpaired) electrons. The van der Waals surface area contributed by atoms with Gasteiger partial charge in [0.2, 0.25) is 0 Å². The molecule has 0 saturated heterocycles. The van der Waals surface area contributed by atoms with Crippen molar-refractivity contribution in [1.29, 1.82) is 0 Å². The lowest BCUT2D eigenvalue weighted by Gasteiger charge is -1.99. The summed E-state index contributed by atoms with van der Waals surface area (Å²) in [6.07, 6.45) is 1.86. The lowest BCUT2D eigenvalue weighted by atomic mass is 10.1. The van der Waals surface area contributed by atoms with Gasteiger partial charge in [0.25, 0.3) is 0 Å². The average Bonchev–Trinajstić information content (AvgIpc) is 2.31. The van der Waals surface area contributed by atoms with Crippen LogP contribution in [0, 0.1) is 5.82 Å². The predicted molar refractivity (Wildman–Crippen MR) is 66.6 cm³/mol. The number of halogens is 2. The molecule has 0 aliphatic rings. The van der Waals surface area contributed by atoms with E-state index in [0.29, 0.717) is 5.03 Å². The molecule has 0 aliphatic carbocycles. The maximum atomic E-state index is 12.7. The van der Waals surface area contributed by atoms with Gasteiger partial charge in [-0.1, -0.05) is 54.1 Å². The minimum absolute atomic E-state index is 0.257. The minimum atomic E-state index is -0.257. The number of hydrogen-bond acceptors (Lipinski definition) is 0. The molecule has 0 aliphatic heterocycles. The van der Waals surface area contributed by atoms with E-state index in [0.717, 1.165) is 11.1 Å². The van der Waals surface area contributed by atoms with Crippen LogP contribution in [0.2, 0.25) is 0 Å². The van der Waals surface area contributed by atoms with Gasteiger partial charge in [-0.05, 0) is 29.3 Å². The van der Waals surface area contributed by atoms with Crippen molar-refractivity contribution >= 4 is 22.7 Å². The van der Waals surface area contributed by atoms with Crippen LogP contribution in [0.3, 0.4) is 0 Å². The molecule has 0 unspecified atom stereocenters. The quantitative estimate of drug-likeness (QED) is 0.666. The van der Waals surface area contributed by atoms with E-state index in [-0.39, 0.29) is 5.82 Å². The van der Waals surface area contributed by atoms with Crippen LogP contribution in [-0.4, -0.2) is 0 Å². The van der Waals surface area contributed by atoms with E-state index in [1.807, 2.05) is 36.4 Å². The molecule has 0 nitrogen and oxygen atoms in total. The Morgan fingerprint density at radius 1 is 0.938 bits per heavy atom. The van der Waals surface area contributed by atoms with E-state index in [2.05, 4.69) is 0 Å². The normalized spacial score (nSPS) is 11.5. The Bertz CT molecular complexity index is 486. The smallest absolute Gasteiger partial charge is 0.123 e. The lowest BCUT2D eigenvalue weighted by Crippen LogP contribution is -1.79. The van der Waals surface area contributed by atoms with E-state index in [1.165, 1.54) is 12.1 Å². The average molecular weight is 233 g/mol. The van der Waals surface area contributed by atoms with Gasteiger partial charge in [0.05, 0.1) is 0 Å². The summed E-state index contributed by atoms with van der Waals surface area (Å²) in [5.41, 5.74) is 1.84. The van der Waals surface area contributed by atoms with Crippen molar-refractivity contribution in [1.82, 2.24) is 0 Å². The molecule has 2 heteroatoms. The van der Waals surface area contributed by atoms with Crippen molar-refractivity contribution in [2.45, 2.75) is 0 Å². The van der Waals surface area contributed by atoms with Crippen molar-refractivity contribution < 1.29 is 4.39 Å². The summed E-state index contributed by atoms with van der Waals surface area (Å²) < 4.78 is 12.7. The Labute approximate surface area is 99.0 Å². The third-order valence-corrected chi connectivity index (χ3v) is 2.54. The van der Waals surface area contributed by atoms with Gasteiger partial charge >= 0.3 is 0 Å². The summed E-state index contributed by atoms with van der Waals surface area (Å²) in [5.74, 6) is -0.257. The summed E-state index contributed by atoms with van der Waals surface area (Å²) in [5, 5.41) is 0.603. The highest BCUT2D eigenvalue weighted by atomic mass is 35.5. The highest BCUT2D eigenvalue weighted by Crippen LogP contribution is 2.22. The molecular formula is C14H10ClF. The van der Waals surface area contributed by atoms with E-state index in [1.54, 1.807) is 12.1 Å². The first-order valence-electron chi connectivity index (χ1n) is 4.94. The molecule has 0 aromatic heterocycles. The Balaban J connectivity index is 2.28. The van der Waals surface area contributed by atoms with Crippen LogP contribution < -0.4 is 0 Å². The van der Waals surface area contributed by atoms with Crippen molar-refractivity contribution in [2.75, 3.05) is 0 Å². The first-order chi connectivity index (χ1) is 7.75. The van der Waals surface area contributed by atoms with E-state index in [4.69, 9.17) is 11.6 Å². The molecule has 0 atom stereocenters.